The molecule has 6 heteroatoms. The molecule has 24 heavy (non-hydrogen) atoms. The van der Waals surface area contributed by atoms with Crippen LogP contribution in [0.1, 0.15) is 22.8 Å². The molecule has 0 amide bonds. The summed E-state index contributed by atoms with van der Waals surface area (Å²) in [6, 6.07) is 11.6. The molecule has 2 aromatic rings. The van der Waals surface area contributed by atoms with E-state index in [1.54, 1.807) is 42.5 Å². The lowest BCUT2D eigenvalue weighted by Gasteiger charge is -2.15. The fourth-order valence-electron chi connectivity index (χ4n) is 2.50. The van der Waals surface area contributed by atoms with Gasteiger partial charge in [-0.1, -0.05) is 23.2 Å². The molecule has 1 aliphatic rings. The van der Waals surface area contributed by atoms with Crippen molar-refractivity contribution in [2.24, 2.45) is 0 Å². The molecule has 0 aliphatic carbocycles. The van der Waals surface area contributed by atoms with Crippen LogP contribution in [0.4, 0.5) is 0 Å². The summed E-state index contributed by atoms with van der Waals surface area (Å²) in [6.07, 6.45) is -1.30. The first-order valence-corrected chi connectivity index (χ1v) is 8.15. The molecule has 1 aliphatic heterocycles. The van der Waals surface area contributed by atoms with E-state index in [-0.39, 0.29) is 5.78 Å². The van der Waals surface area contributed by atoms with Crippen molar-refractivity contribution in [3.05, 3.63) is 63.6 Å². The third kappa shape index (κ3) is 3.55. The summed E-state index contributed by atoms with van der Waals surface area (Å²) in [7, 11) is 0. The van der Waals surface area contributed by atoms with Crippen LogP contribution in [0.15, 0.2) is 42.5 Å². The van der Waals surface area contributed by atoms with E-state index in [9.17, 15) is 9.59 Å². The van der Waals surface area contributed by atoms with Gasteiger partial charge in [0.1, 0.15) is 5.75 Å². The zero-order valence-corrected chi connectivity index (χ0v) is 14.3. The number of carbonyl (C=O) groups is 2. The number of carbonyl (C=O) groups excluding carboxylic acids is 2. The van der Waals surface area contributed by atoms with Crippen molar-refractivity contribution in [2.45, 2.75) is 25.6 Å². The standard InChI is InChI=1S/C18H14Cl2O4/c1-10(17(21)11-2-4-13(19)5-3-11)23-18(22)16-9-12-8-14(20)6-7-15(12)24-16/h2-8,10,16H,9H2,1H3/t10-,16-/m1/s1. The van der Waals surface area contributed by atoms with Crippen LogP contribution in [0.25, 0.3) is 0 Å². The normalized spacial score (nSPS) is 16.9. The lowest BCUT2D eigenvalue weighted by molar-refractivity contribution is -0.153. The van der Waals surface area contributed by atoms with E-state index in [4.69, 9.17) is 32.7 Å². The molecule has 0 aromatic heterocycles. The fourth-order valence-corrected chi connectivity index (χ4v) is 2.82. The Morgan fingerprint density at radius 3 is 2.50 bits per heavy atom. The van der Waals surface area contributed by atoms with Gasteiger partial charge in [-0.2, -0.15) is 0 Å². The minimum Gasteiger partial charge on any atom is -0.478 e. The largest absolute Gasteiger partial charge is 0.478 e. The highest BCUT2D eigenvalue weighted by atomic mass is 35.5. The molecular formula is C18H14Cl2O4. The molecule has 0 saturated carbocycles. The Kier molecular flexibility index (Phi) is 4.78. The highest BCUT2D eigenvalue weighted by Crippen LogP contribution is 2.31. The Hall–Kier alpha value is -2.04. The highest BCUT2D eigenvalue weighted by molar-refractivity contribution is 6.31. The minimum atomic E-state index is -0.908. The Labute approximate surface area is 149 Å². The maximum absolute atomic E-state index is 12.3. The molecule has 1 heterocycles. The summed E-state index contributed by atoms with van der Waals surface area (Å²) < 4.78 is 10.8. The van der Waals surface area contributed by atoms with Gasteiger partial charge in [0.25, 0.3) is 0 Å². The molecular weight excluding hydrogens is 351 g/mol. The molecule has 0 unspecified atom stereocenters. The van der Waals surface area contributed by atoms with Crippen LogP contribution < -0.4 is 4.74 Å². The van der Waals surface area contributed by atoms with Gasteiger partial charge in [-0.3, -0.25) is 4.79 Å². The van der Waals surface area contributed by atoms with E-state index in [0.717, 1.165) is 5.56 Å². The molecule has 0 radical (unpaired) electrons. The van der Waals surface area contributed by atoms with Gasteiger partial charge in [-0.05, 0) is 55.0 Å². The lowest BCUT2D eigenvalue weighted by Crippen LogP contribution is -2.33. The maximum Gasteiger partial charge on any atom is 0.348 e. The number of hydrogen-bond donors (Lipinski definition) is 0. The summed E-state index contributed by atoms with van der Waals surface area (Å²) in [5.41, 5.74) is 1.28. The molecule has 2 aromatic carbocycles. The van der Waals surface area contributed by atoms with Crippen molar-refractivity contribution in [1.82, 2.24) is 0 Å². The van der Waals surface area contributed by atoms with Gasteiger partial charge in [0.2, 0.25) is 5.78 Å². The number of ether oxygens (including phenoxy) is 2. The van der Waals surface area contributed by atoms with Crippen molar-refractivity contribution in [1.29, 1.82) is 0 Å². The van der Waals surface area contributed by atoms with E-state index in [2.05, 4.69) is 0 Å². The molecule has 124 valence electrons. The number of halogens is 2. The van der Waals surface area contributed by atoms with E-state index in [1.807, 2.05) is 0 Å². The average Bonchev–Trinajstić information content (AvgIpc) is 2.98. The summed E-state index contributed by atoms with van der Waals surface area (Å²) in [5.74, 6) is -0.256. The maximum atomic E-state index is 12.3. The van der Waals surface area contributed by atoms with Crippen LogP contribution in [0.2, 0.25) is 10.0 Å². The van der Waals surface area contributed by atoms with E-state index >= 15 is 0 Å². The second kappa shape index (κ2) is 6.83. The third-order valence-electron chi connectivity index (χ3n) is 3.75. The first-order chi connectivity index (χ1) is 11.4. The van der Waals surface area contributed by atoms with Crippen molar-refractivity contribution < 1.29 is 19.1 Å². The fraction of sp³-hybridized carbons (Fsp3) is 0.222. The van der Waals surface area contributed by atoms with Gasteiger partial charge in [-0.15, -0.1) is 0 Å². The molecule has 0 spiro atoms. The Morgan fingerprint density at radius 1 is 1.12 bits per heavy atom. The SMILES string of the molecule is C[C@@H](OC(=O)[C@H]1Cc2cc(Cl)ccc2O1)C(=O)c1ccc(Cl)cc1. The van der Waals surface area contributed by atoms with Gasteiger partial charge in [0, 0.05) is 22.0 Å². The molecule has 0 fully saturated rings. The number of esters is 1. The number of rotatable bonds is 4. The predicted molar refractivity (Wildman–Crippen MR) is 90.9 cm³/mol. The molecule has 3 rings (SSSR count). The van der Waals surface area contributed by atoms with Crippen LogP contribution in [-0.2, 0) is 16.0 Å². The predicted octanol–water partition coefficient (Wildman–Crippen LogP) is 4.11. The molecule has 0 N–H and O–H groups in total. The van der Waals surface area contributed by atoms with Gasteiger partial charge in [0.15, 0.2) is 12.2 Å². The minimum absolute atomic E-state index is 0.293. The summed E-state index contributed by atoms with van der Waals surface area (Å²) >= 11 is 11.7. The summed E-state index contributed by atoms with van der Waals surface area (Å²) in [6.45, 7) is 1.54. The zero-order valence-electron chi connectivity index (χ0n) is 12.8. The van der Waals surface area contributed by atoms with Gasteiger partial charge in [0.05, 0.1) is 0 Å². The average molecular weight is 365 g/mol. The number of fused-ring (bicyclic) bond motifs is 1. The van der Waals surface area contributed by atoms with E-state index in [1.165, 1.54) is 6.92 Å². The smallest absolute Gasteiger partial charge is 0.348 e. The van der Waals surface area contributed by atoms with Crippen LogP contribution in [0.3, 0.4) is 0 Å². The first kappa shape index (κ1) is 16.8. The highest BCUT2D eigenvalue weighted by Gasteiger charge is 2.32. The first-order valence-electron chi connectivity index (χ1n) is 7.39. The van der Waals surface area contributed by atoms with Crippen LogP contribution in [0, 0.1) is 0 Å². The van der Waals surface area contributed by atoms with Gasteiger partial charge in [-0.25, -0.2) is 4.79 Å². The third-order valence-corrected chi connectivity index (χ3v) is 4.24. The van der Waals surface area contributed by atoms with Gasteiger partial charge >= 0.3 is 5.97 Å². The topological polar surface area (TPSA) is 52.6 Å². The Bertz CT molecular complexity index is 786. The summed E-state index contributed by atoms with van der Waals surface area (Å²) in [5, 5.41) is 1.12. The van der Waals surface area contributed by atoms with E-state index < -0.39 is 18.2 Å². The van der Waals surface area contributed by atoms with Crippen LogP contribution in [0.5, 0.6) is 5.75 Å². The molecule has 2 atom stereocenters. The van der Waals surface area contributed by atoms with Gasteiger partial charge < -0.3 is 9.47 Å². The van der Waals surface area contributed by atoms with Crippen LogP contribution >= 0.6 is 23.2 Å². The van der Waals surface area contributed by atoms with Crippen molar-refractivity contribution in [2.75, 3.05) is 0 Å². The number of benzene rings is 2. The summed E-state index contributed by atoms with van der Waals surface area (Å²) in [4.78, 5) is 24.5. The number of hydrogen-bond acceptors (Lipinski definition) is 4. The second-order valence-electron chi connectivity index (χ2n) is 5.51. The zero-order chi connectivity index (χ0) is 17.3. The second-order valence-corrected chi connectivity index (χ2v) is 6.39. The molecule has 4 nitrogen and oxygen atoms in total. The monoisotopic (exact) mass is 364 g/mol. The van der Waals surface area contributed by atoms with Crippen molar-refractivity contribution in [3.63, 3.8) is 0 Å². The van der Waals surface area contributed by atoms with E-state index in [0.29, 0.717) is 27.8 Å². The van der Waals surface area contributed by atoms with Crippen molar-refractivity contribution >= 4 is 35.0 Å². The van der Waals surface area contributed by atoms with Crippen LogP contribution in [-0.4, -0.2) is 24.0 Å². The van der Waals surface area contributed by atoms with Crippen molar-refractivity contribution in [3.8, 4) is 5.75 Å². The quantitative estimate of drug-likeness (QED) is 0.604. The molecule has 0 bridgehead atoms. The molecule has 0 saturated heterocycles. The number of ketones is 1. The Balaban J connectivity index is 1.63. The lowest BCUT2D eigenvalue weighted by atomic mass is 10.1. The Morgan fingerprint density at radius 2 is 1.79 bits per heavy atom. The number of Topliss-reactive ketones (excluding diaryl/α,β-unsaturated/α-hetero) is 1.